The molecular weight excluding hydrogens is 402 g/mol. The van der Waals surface area contributed by atoms with Crippen LogP contribution < -0.4 is 16.0 Å². The highest BCUT2D eigenvalue weighted by Gasteiger charge is 2.26. The number of aryl methyl sites for hydroxylation is 2. The molecule has 0 saturated carbocycles. The van der Waals surface area contributed by atoms with E-state index < -0.39 is 11.9 Å². The molecule has 6 nitrogen and oxygen atoms in total. The molecule has 0 radical (unpaired) electrons. The van der Waals surface area contributed by atoms with Crippen LogP contribution in [0.15, 0.2) is 42.5 Å². The fraction of sp³-hybridized carbons (Fsp3) is 0.348. The maximum absolute atomic E-state index is 12.7. The number of benzene rings is 2. The third-order valence-corrected chi connectivity index (χ3v) is 5.31. The molecule has 0 aliphatic rings. The first-order valence-electron chi connectivity index (χ1n) is 9.93. The predicted molar refractivity (Wildman–Crippen MR) is 120 cm³/mol. The molecule has 0 aliphatic carbocycles. The van der Waals surface area contributed by atoms with Crippen molar-refractivity contribution in [3.63, 3.8) is 0 Å². The average molecular weight is 430 g/mol. The van der Waals surface area contributed by atoms with E-state index in [0.29, 0.717) is 17.0 Å². The molecule has 2 atom stereocenters. The Labute approximate surface area is 182 Å². The van der Waals surface area contributed by atoms with Gasteiger partial charge in [0, 0.05) is 16.3 Å². The zero-order valence-corrected chi connectivity index (χ0v) is 18.5. The second-order valence-electron chi connectivity index (χ2n) is 7.38. The summed E-state index contributed by atoms with van der Waals surface area (Å²) in [5, 5.41) is 8.77. The van der Waals surface area contributed by atoms with Gasteiger partial charge in [-0.15, -0.1) is 0 Å². The number of anilines is 1. The first kappa shape index (κ1) is 23.4. The molecule has 0 spiro atoms. The van der Waals surface area contributed by atoms with Gasteiger partial charge >= 0.3 is 0 Å². The summed E-state index contributed by atoms with van der Waals surface area (Å²) in [7, 11) is 0. The average Bonchev–Trinajstić information content (AvgIpc) is 2.72. The van der Waals surface area contributed by atoms with Crippen LogP contribution in [0, 0.1) is 19.8 Å². The Kier molecular flexibility index (Phi) is 8.42. The largest absolute Gasteiger partial charge is 0.345 e. The van der Waals surface area contributed by atoms with E-state index >= 15 is 0 Å². The van der Waals surface area contributed by atoms with Crippen LogP contribution in [0.4, 0.5) is 5.69 Å². The Morgan fingerprint density at radius 3 is 2.17 bits per heavy atom. The van der Waals surface area contributed by atoms with Gasteiger partial charge in [0.2, 0.25) is 11.8 Å². The van der Waals surface area contributed by atoms with E-state index in [2.05, 4.69) is 16.0 Å². The number of hydrogen-bond donors (Lipinski definition) is 3. The van der Waals surface area contributed by atoms with Gasteiger partial charge in [0.05, 0.1) is 6.54 Å². The number of amides is 3. The smallest absolute Gasteiger partial charge is 0.251 e. The van der Waals surface area contributed by atoms with Crippen LogP contribution >= 0.6 is 11.6 Å². The zero-order chi connectivity index (χ0) is 22.3. The molecule has 3 N–H and O–H groups in total. The van der Waals surface area contributed by atoms with Crippen molar-refractivity contribution in [3.05, 3.63) is 64.2 Å². The third kappa shape index (κ3) is 6.32. The highest BCUT2D eigenvalue weighted by Crippen LogP contribution is 2.19. The highest BCUT2D eigenvalue weighted by molar-refractivity contribution is 6.30. The minimum Gasteiger partial charge on any atom is -0.345 e. The van der Waals surface area contributed by atoms with Gasteiger partial charge in [-0.25, -0.2) is 0 Å². The minimum absolute atomic E-state index is 0.108. The van der Waals surface area contributed by atoms with Gasteiger partial charge in [0.1, 0.15) is 6.04 Å². The fourth-order valence-electron chi connectivity index (χ4n) is 3.00. The Morgan fingerprint density at radius 2 is 1.60 bits per heavy atom. The summed E-state index contributed by atoms with van der Waals surface area (Å²) in [6.07, 6.45) is 0.688. The maximum Gasteiger partial charge on any atom is 0.251 e. The molecule has 2 unspecified atom stereocenters. The fourth-order valence-corrected chi connectivity index (χ4v) is 3.13. The molecular formula is C23H28ClN3O3. The van der Waals surface area contributed by atoms with Crippen molar-refractivity contribution in [1.82, 2.24) is 10.6 Å². The van der Waals surface area contributed by atoms with Crippen molar-refractivity contribution in [1.29, 1.82) is 0 Å². The number of carbonyl (C=O) groups excluding carboxylic acids is 3. The van der Waals surface area contributed by atoms with Crippen molar-refractivity contribution in [2.45, 2.75) is 40.2 Å². The first-order valence-corrected chi connectivity index (χ1v) is 10.3. The van der Waals surface area contributed by atoms with Crippen molar-refractivity contribution < 1.29 is 14.4 Å². The lowest BCUT2D eigenvalue weighted by Crippen LogP contribution is -2.51. The van der Waals surface area contributed by atoms with Gasteiger partial charge in [0.15, 0.2) is 0 Å². The Balaban J connectivity index is 2.00. The van der Waals surface area contributed by atoms with Gasteiger partial charge in [-0.2, -0.15) is 0 Å². The first-order chi connectivity index (χ1) is 14.2. The molecule has 7 heteroatoms. The summed E-state index contributed by atoms with van der Waals surface area (Å²) in [6, 6.07) is 11.4. The number of halogens is 1. The van der Waals surface area contributed by atoms with Crippen LogP contribution in [0.3, 0.4) is 0 Å². The molecule has 3 amide bonds. The van der Waals surface area contributed by atoms with E-state index in [-0.39, 0.29) is 24.3 Å². The SMILES string of the molecule is CCC(C)C(NC(=O)c1ccc(Cl)cc1)C(=O)NCC(=O)Nc1c(C)cccc1C. The minimum atomic E-state index is -0.758. The normalized spacial score (nSPS) is 12.6. The summed E-state index contributed by atoms with van der Waals surface area (Å²) in [4.78, 5) is 37.6. The number of carbonyl (C=O) groups is 3. The van der Waals surface area contributed by atoms with E-state index in [4.69, 9.17) is 11.6 Å². The molecule has 2 aromatic carbocycles. The van der Waals surface area contributed by atoms with Gasteiger partial charge in [-0.1, -0.05) is 50.1 Å². The number of nitrogens with one attached hydrogen (secondary N) is 3. The lowest BCUT2D eigenvalue weighted by Gasteiger charge is -2.23. The lowest BCUT2D eigenvalue weighted by atomic mass is 9.98. The molecule has 0 bridgehead atoms. The molecule has 2 rings (SSSR count). The topological polar surface area (TPSA) is 87.3 Å². The van der Waals surface area contributed by atoms with Crippen molar-refractivity contribution >= 4 is 35.0 Å². The summed E-state index contributed by atoms with van der Waals surface area (Å²) in [5.74, 6) is -1.20. The van der Waals surface area contributed by atoms with E-state index in [9.17, 15) is 14.4 Å². The molecule has 2 aromatic rings. The zero-order valence-electron chi connectivity index (χ0n) is 17.7. The molecule has 160 valence electrons. The predicted octanol–water partition coefficient (Wildman–Crippen LogP) is 3.86. The summed E-state index contributed by atoms with van der Waals surface area (Å²) < 4.78 is 0. The van der Waals surface area contributed by atoms with E-state index in [1.807, 2.05) is 45.9 Å². The standard InChI is InChI=1S/C23H28ClN3O3/c1-5-14(2)21(27-22(29)17-9-11-18(24)12-10-17)23(30)25-13-19(28)26-20-15(3)7-6-8-16(20)4/h6-12,14,21H,5,13H2,1-4H3,(H,25,30)(H,26,28)(H,27,29). The van der Waals surface area contributed by atoms with Gasteiger partial charge in [-0.05, 0) is 55.2 Å². The van der Waals surface area contributed by atoms with E-state index in [1.165, 1.54) is 0 Å². The molecule has 0 fully saturated rings. The number of hydrogen-bond acceptors (Lipinski definition) is 3. The monoisotopic (exact) mass is 429 g/mol. The second-order valence-corrected chi connectivity index (χ2v) is 7.81. The van der Waals surface area contributed by atoms with Crippen LogP contribution in [-0.4, -0.2) is 30.3 Å². The lowest BCUT2D eigenvalue weighted by molar-refractivity contribution is -0.126. The van der Waals surface area contributed by atoms with Crippen molar-refractivity contribution in [3.8, 4) is 0 Å². The quantitative estimate of drug-likeness (QED) is 0.595. The van der Waals surface area contributed by atoms with Crippen molar-refractivity contribution in [2.75, 3.05) is 11.9 Å². The molecule has 0 aliphatic heterocycles. The summed E-state index contributed by atoms with van der Waals surface area (Å²) in [5.41, 5.74) is 3.05. The van der Waals surface area contributed by atoms with Crippen LogP contribution in [0.25, 0.3) is 0 Å². The van der Waals surface area contributed by atoms with Crippen LogP contribution in [0.5, 0.6) is 0 Å². The second kappa shape index (κ2) is 10.8. The molecule has 0 aromatic heterocycles. The maximum atomic E-state index is 12.7. The van der Waals surface area contributed by atoms with Gasteiger partial charge in [-0.3, -0.25) is 14.4 Å². The van der Waals surface area contributed by atoms with Gasteiger partial charge < -0.3 is 16.0 Å². The molecule has 0 saturated heterocycles. The van der Waals surface area contributed by atoms with Crippen molar-refractivity contribution in [2.24, 2.45) is 5.92 Å². The van der Waals surface area contributed by atoms with Gasteiger partial charge in [0.25, 0.3) is 5.91 Å². The third-order valence-electron chi connectivity index (χ3n) is 5.06. The van der Waals surface area contributed by atoms with Crippen LogP contribution in [-0.2, 0) is 9.59 Å². The number of para-hydroxylation sites is 1. The number of rotatable bonds is 8. The highest BCUT2D eigenvalue weighted by atomic mass is 35.5. The Morgan fingerprint density at radius 1 is 1.00 bits per heavy atom. The van der Waals surface area contributed by atoms with Crippen LogP contribution in [0.1, 0.15) is 41.8 Å². The Hall–Kier alpha value is -2.86. The molecule has 30 heavy (non-hydrogen) atoms. The van der Waals surface area contributed by atoms with E-state index in [1.54, 1.807) is 24.3 Å². The summed E-state index contributed by atoms with van der Waals surface area (Å²) >= 11 is 5.86. The van der Waals surface area contributed by atoms with Crippen LogP contribution in [0.2, 0.25) is 5.02 Å². The Bertz CT molecular complexity index is 892. The molecule has 0 heterocycles. The van der Waals surface area contributed by atoms with E-state index in [0.717, 1.165) is 16.8 Å². The summed E-state index contributed by atoms with van der Waals surface area (Å²) in [6.45, 7) is 7.45.